The Morgan fingerprint density at radius 2 is 1.72 bits per heavy atom. The van der Waals surface area contributed by atoms with Crippen LogP contribution in [0.2, 0.25) is 0 Å². The number of allylic oxidation sites excluding steroid dienone is 2. The van der Waals surface area contributed by atoms with Crippen LogP contribution in [0.15, 0.2) is 60.7 Å². The number of carbonyl (C=O) groups excluding carboxylic acids is 4. The van der Waals surface area contributed by atoms with Crippen LogP contribution < -0.4 is 10.2 Å². The number of aryl methyl sites for hydroxylation is 1. The number of rotatable bonds is 5. The number of hydrogen-bond donors (Lipinski definition) is 1. The first-order valence-corrected chi connectivity index (χ1v) is 10.5. The fourth-order valence-electron chi connectivity index (χ4n) is 4.20. The van der Waals surface area contributed by atoms with E-state index in [4.69, 9.17) is 4.74 Å². The molecule has 0 spiro atoms. The highest BCUT2D eigenvalue weighted by atomic mass is 16.5. The lowest BCUT2D eigenvalue weighted by Crippen LogP contribution is -2.31. The third kappa shape index (κ3) is 4.19. The Morgan fingerprint density at radius 1 is 1.03 bits per heavy atom. The third-order valence-electron chi connectivity index (χ3n) is 5.90. The molecule has 164 valence electrons. The quantitative estimate of drug-likeness (QED) is 0.444. The molecular weight excluding hydrogens is 408 g/mol. The summed E-state index contributed by atoms with van der Waals surface area (Å²) in [6.07, 6.45) is 4.49. The summed E-state index contributed by atoms with van der Waals surface area (Å²) in [5.74, 6) is -2.20. The van der Waals surface area contributed by atoms with Crippen LogP contribution in [0.5, 0.6) is 0 Å². The summed E-state index contributed by atoms with van der Waals surface area (Å²) in [7, 11) is 0. The van der Waals surface area contributed by atoms with Gasteiger partial charge in [0.1, 0.15) is 0 Å². The average molecular weight is 432 g/mol. The number of ether oxygens (including phenoxy) is 1. The lowest BCUT2D eigenvalue weighted by Gasteiger charge is -2.22. The first kappa shape index (κ1) is 21.5. The van der Waals surface area contributed by atoms with Gasteiger partial charge in [0.15, 0.2) is 6.61 Å². The molecule has 0 unspecified atom stereocenters. The van der Waals surface area contributed by atoms with Crippen LogP contribution in [-0.4, -0.2) is 30.3 Å². The maximum atomic E-state index is 12.9. The van der Waals surface area contributed by atoms with E-state index >= 15 is 0 Å². The first-order valence-electron chi connectivity index (χ1n) is 10.5. The van der Waals surface area contributed by atoms with Crippen molar-refractivity contribution in [3.05, 3.63) is 71.8 Å². The van der Waals surface area contributed by atoms with Gasteiger partial charge in [-0.2, -0.15) is 0 Å². The van der Waals surface area contributed by atoms with Crippen LogP contribution in [0, 0.1) is 24.7 Å². The second-order valence-electron chi connectivity index (χ2n) is 8.20. The molecule has 1 aliphatic heterocycles. The SMILES string of the molecule is Cc1ccc(NC(=O)COC(=O)c2ccc(N3C(=O)[C@H]4[C@H](C)C=CC[C@H]4C3=O)cc2)cc1. The lowest BCUT2D eigenvalue weighted by atomic mass is 9.78. The number of esters is 1. The minimum absolute atomic E-state index is 0.00973. The topological polar surface area (TPSA) is 92.8 Å². The predicted molar refractivity (Wildman–Crippen MR) is 119 cm³/mol. The smallest absolute Gasteiger partial charge is 0.338 e. The van der Waals surface area contributed by atoms with E-state index in [1.54, 1.807) is 24.3 Å². The van der Waals surface area contributed by atoms with Crippen LogP contribution >= 0.6 is 0 Å². The van der Waals surface area contributed by atoms with Crippen LogP contribution in [0.1, 0.15) is 29.3 Å². The number of hydrogen-bond acceptors (Lipinski definition) is 5. The number of fused-ring (bicyclic) bond motifs is 1. The van der Waals surface area contributed by atoms with Gasteiger partial charge in [0.05, 0.1) is 23.1 Å². The molecule has 1 fully saturated rings. The largest absolute Gasteiger partial charge is 0.452 e. The van der Waals surface area contributed by atoms with Crippen LogP contribution in [0.25, 0.3) is 0 Å². The Kier molecular flexibility index (Phi) is 5.90. The van der Waals surface area contributed by atoms with E-state index in [2.05, 4.69) is 5.32 Å². The molecule has 1 aliphatic carbocycles. The van der Waals surface area contributed by atoms with Gasteiger partial charge in [0, 0.05) is 5.69 Å². The molecule has 2 aromatic rings. The van der Waals surface area contributed by atoms with Gasteiger partial charge in [-0.3, -0.25) is 19.3 Å². The van der Waals surface area contributed by atoms with E-state index in [-0.39, 0.29) is 35.1 Å². The van der Waals surface area contributed by atoms with Gasteiger partial charge in [-0.25, -0.2) is 4.79 Å². The van der Waals surface area contributed by atoms with Crippen molar-refractivity contribution in [2.24, 2.45) is 17.8 Å². The molecule has 0 bridgehead atoms. The molecule has 3 amide bonds. The van der Waals surface area contributed by atoms with Gasteiger partial charge in [-0.1, -0.05) is 36.8 Å². The van der Waals surface area contributed by atoms with Gasteiger partial charge in [-0.05, 0) is 55.7 Å². The van der Waals surface area contributed by atoms with Crippen LogP contribution in [-0.2, 0) is 19.1 Å². The zero-order valence-corrected chi connectivity index (χ0v) is 17.9. The summed E-state index contributed by atoms with van der Waals surface area (Å²) in [6, 6.07) is 13.3. The predicted octanol–water partition coefficient (Wildman–Crippen LogP) is 3.49. The van der Waals surface area contributed by atoms with Gasteiger partial charge < -0.3 is 10.1 Å². The number of benzene rings is 2. The van der Waals surface area contributed by atoms with Crippen molar-refractivity contribution >= 4 is 35.1 Å². The number of carbonyl (C=O) groups is 4. The van der Waals surface area contributed by atoms with E-state index in [9.17, 15) is 19.2 Å². The highest BCUT2D eigenvalue weighted by molar-refractivity contribution is 6.22. The summed E-state index contributed by atoms with van der Waals surface area (Å²) in [6.45, 7) is 3.46. The van der Waals surface area contributed by atoms with Crippen LogP contribution in [0.3, 0.4) is 0 Å². The molecule has 7 heteroatoms. The maximum absolute atomic E-state index is 12.9. The molecular formula is C25H24N2O5. The minimum Gasteiger partial charge on any atom is -0.452 e. The monoisotopic (exact) mass is 432 g/mol. The molecule has 4 rings (SSSR count). The molecule has 2 aliphatic rings. The van der Waals surface area contributed by atoms with E-state index < -0.39 is 18.5 Å². The summed E-state index contributed by atoms with van der Waals surface area (Å²) < 4.78 is 5.08. The summed E-state index contributed by atoms with van der Waals surface area (Å²) >= 11 is 0. The van der Waals surface area contributed by atoms with Crippen molar-refractivity contribution in [2.75, 3.05) is 16.8 Å². The van der Waals surface area contributed by atoms with E-state index in [1.807, 2.05) is 38.1 Å². The Balaban J connectivity index is 1.36. The Morgan fingerprint density at radius 3 is 2.38 bits per heavy atom. The fraction of sp³-hybridized carbons (Fsp3) is 0.280. The van der Waals surface area contributed by atoms with Crippen LogP contribution in [0.4, 0.5) is 11.4 Å². The van der Waals surface area contributed by atoms with Gasteiger partial charge >= 0.3 is 5.97 Å². The normalized spacial score (nSPS) is 21.9. The molecule has 0 saturated carbocycles. The third-order valence-corrected chi connectivity index (χ3v) is 5.90. The van der Waals surface area contributed by atoms with Crippen molar-refractivity contribution in [3.63, 3.8) is 0 Å². The first-order chi connectivity index (χ1) is 15.3. The Hall–Kier alpha value is -3.74. The Bertz CT molecular complexity index is 1090. The van der Waals surface area contributed by atoms with Crippen molar-refractivity contribution < 1.29 is 23.9 Å². The molecule has 1 N–H and O–H groups in total. The fourth-order valence-corrected chi connectivity index (χ4v) is 4.20. The standard InChI is InChI=1S/C25H24N2O5/c1-15-6-10-18(11-7-15)26-21(28)14-32-25(31)17-8-12-19(13-9-17)27-23(29)20-5-3-4-16(2)22(20)24(27)30/h3-4,6-13,16,20,22H,5,14H2,1-2H3,(H,26,28)/t16-,20-,22+/m1/s1. The molecule has 3 atom stereocenters. The van der Waals surface area contributed by atoms with Crippen molar-refractivity contribution in [1.29, 1.82) is 0 Å². The zero-order chi connectivity index (χ0) is 22.8. The van der Waals surface area contributed by atoms with Crippen molar-refractivity contribution in [3.8, 4) is 0 Å². The molecule has 1 heterocycles. The summed E-state index contributed by atoms with van der Waals surface area (Å²) in [5, 5.41) is 2.66. The molecule has 2 aromatic carbocycles. The molecule has 7 nitrogen and oxygen atoms in total. The van der Waals surface area contributed by atoms with Crippen molar-refractivity contribution in [1.82, 2.24) is 0 Å². The average Bonchev–Trinajstić information content (AvgIpc) is 3.05. The number of anilines is 2. The number of nitrogens with zero attached hydrogens (tertiary/aromatic N) is 1. The minimum atomic E-state index is -0.666. The van der Waals surface area contributed by atoms with E-state index in [0.717, 1.165) is 5.56 Å². The lowest BCUT2D eigenvalue weighted by molar-refractivity contribution is -0.123. The van der Waals surface area contributed by atoms with E-state index in [0.29, 0.717) is 17.8 Å². The molecule has 1 saturated heterocycles. The second-order valence-corrected chi connectivity index (χ2v) is 8.20. The number of amides is 3. The zero-order valence-electron chi connectivity index (χ0n) is 17.9. The van der Waals surface area contributed by atoms with E-state index in [1.165, 1.54) is 17.0 Å². The van der Waals surface area contributed by atoms with Gasteiger partial charge in [-0.15, -0.1) is 0 Å². The highest BCUT2D eigenvalue weighted by Crippen LogP contribution is 2.40. The molecule has 0 aromatic heterocycles. The molecule has 0 radical (unpaired) electrons. The molecule has 32 heavy (non-hydrogen) atoms. The highest BCUT2D eigenvalue weighted by Gasteiger charge is 2.50. The number of imide groups is 1. The summed E-state index contributed by atoms with van der Waals surface area (Å²) in [4.78, 5) is 51.2. The number of nitrogens with one attached hydrogen (secondary N) is 1. The summed E-state index contributed by atoms with van der Waals surface area (Å²) in [5.41, 5.74) is 2.34. The second kappa shape index (κ2) is 8.78. The van der Waals surface area contributed by atoms with Gasteiger partial charge in [0.2, 0.25) is 11.8 Å². The van der Waals surface area contributed by atoms with Gasteiger partial charge in [0.25, 0.3) is 5.91 Å². The van der Waals surface area contributed by atoms with Crippen molar-refractivity contribution in [2.45, 2.75) is 20.3 Å². The maximum Gasteiger partial charge on any atom is 0.338 e. The Labute approximate surface area is 186 Å².